The van der Waals surface area contributed by atoms with Gasteiger partial charge >= 0.3 is 0 Å². The van der Waals surface area contributed by atoms with Crippen LogP contribution in [0.2, 0.25) is 0 Å². The Balaban J connectivity index is 1.72. The summed E-state index contributed by atoms with van der Waals surface area (Å²) >= 11 is 1.42. The summed E-state index contributed by atoms with van der Waals surface area (Å²) in [6.45, 7) is 1.74. The molecule has 1 amide bonds. The number of rotatable bonds is 7. The highest BCUT2D eigenvalue weighted by Crippen LogP contribution is 2.27. The zero-order valence-electron chi connectivity index (χ0n) is 16.1. The Hall–Kier alpha value is -2.69. The number of hydrogen-bond acceptors (Lipinski definition) is 7. The maximum absolute atomic E-state index is 12.7. The molecule has 0 aliphatic carbocycles. The molecule has 1 aromatic heterocycles. The molecule has 2 aromatic carbocycles. The minimum Gasteiger partial charge on any atom is -0.338 e. The van der Waals surface area contributed by atoms with Gasteiger partial charge in [0.25, 0.3) is 5.91 Å². The van der Waals surface area contributed by atoms with Crippen LogP contribution >= 0.6 is 11.8 Å². The third-order valence-electron chi connectivity index (χ3n) is 3.94. The van der Waals surface area contributed by atoms with E-state index in [0.29, 0.717) is 28.7 Å². The van der Waals surface area contributed by atoms with E-state index in [1.54, 1.807) is 31.2 Å². The highest BCUT2D eigenvalue weighted by atomic mass is 32.2. The maximum atomic E-state index is 12.7. The lowest BCUT2D eigenvalue weighted by atomic mass is 10.2. The van der Waals surface area contributed by atoms with Crippen LogP contribution in [0.25, 0.3) is 0 Å². The number of aromatic nitrogens is 2. The van der Waals surface area contributed by atoms with Gasteiger partial charge in [-0.25, -0.2) is 12.7 Å². The van der Waals surface area contributed by atoms with Crippen LogP contribution in [0, 0.1) is 6.92 Å². The zero-order valence-corrected chi connectivity index (χ0v) is 17.8. The number of nitrogens with zero attached hydrogens (tertiary/aromatic N) is 3. The van der Waals surface area contributed by atoms with Crippen LogP contribution in [-0.4, -0.2) is 42.9 Å². The van der Waals surface area contributed by atoms with Gasteiger partial charge in [-0.1, -0.05) is 17.3 Å². The minimum atomic E-state index is -3.52. The van der Waals surface area contributed by atoms with Crippen LogP contribution in [0.15, 0.2) is 62.8 Å². The molecule has 0 aliphatic rings. The molecule has 0 saturated heterocycles. The van der Waals surface area contributed by atoms with E-state index in [1.807, 2.05) is 12.1 Å². The van der Waals surface area contributed by atoms with Gasteiger partial charge in [0, 0.05) is 24.7 Å². The van der Waals surface area contributed by atoms with E-state index in [-0.39, 0.29) is 10.8 Å². The van der Waals surface area contributed by atoms with Gasteiger partial charge in [-0.05, 0) is 43.3 Å². The van der Waals surface area contributed by atoms with Crippen molar-refractivity contribution >= 4 is 33.4 Å². The second kappa shape index (κ2) is 8.76. The van der Waals surface area contributed by atoms with E-state index in [4.69, 9.17) is 4.52 Å². The molecular formula is C19H20N4O4S2. The van der Waals surface area contributed by atoms with Crippen molar-refractivity contribution in [2.24, 2.45) is 0 Å². The number of sulfonamides is 1. The zero-order chi connectivity index (χ0) is 21.0. The molecule has 0 fully saturated rings. The lowest BCUT2D eigenvalue weighted by molar-refractivity contribution is 0.102. The van der Waals surface area contributed by atoms with Crippen LogP contribution in [0.5, 0.6) is 0 Å². The smallest absolute Gasteiger partial charge is 0.256 e. The van der Waals surface area contributed by atoms with Gasteiger partial charge < -0.3 is 9.84 Å². The highest BCUT2D eigenvalue weighted by Gasteiger charge is 2.17. The summed E-state index contributed by atoms with van der Waals surface area (Å²) in [5.74, 6) is 1.20. The predicted octanol–water partition coefficient (Wildman–Crippen LogP) is 3.17. The normalized spacial score (nSPS) is 11.6. The number of anilines is 1. The van der Waals surface area contributed by atoms with Crippen LogP contribution < -0.4 is 5.32 Å². The van der Waals surface area contributed by atoms with Crippen molar-refractivity contribution < 1.29 is 17.7 Å². The van der Waals surface area contributed by atoms with E-state index in [9.17, 15) is 13.2 Å². The van der Waals surface area contributed by atoms with Crippen molar-refractivity contribution in [3.8, 4) is 0 Å². The molecule has 0 spiro atoms. The molecule has 8 nitrogen and oxygen atoms in total. The summed E-state index contributed by atoms with van der Waals surface area (Å²) in [6, 6.07) is 13.2. The first kappa shape index (κ1) is 21.0. The largest absolute Gasteiger partial charge is 0.338 e. The summed E-state index contributed by atoms with van der Waals surface area (Å²) in [5, 5.41) is 6.55. The fourth-order valence-electron chi connectivity index (χ4n) is 2.44. The Morgan fingerprint density at radius 2 is 1.83 bits per heavy atom. The molecule has 10 heteroatoms. The average Bonchev–Trinajstić information content (AvgIpc) is 3.12. The molecule has 0 bridgehead atoms. The molecular weight excluding hydrogens is 412 g/mol. The molecule has 152 valence electrons. The summed E-state index contributed by atoms with van der Waals surface area (Å²) in [6.07, 6.45) is 0. The summed E-state index contributed by atoms with van der Waals surface area (Å²) < 4.78 is 30.5. The quantitative estimate of drug-likeness (QED) is 0.572. The Morgan fingerprint density at radius 3 is 2.45 bits per heavy atom. The van der Waals surface area contributed by atoms with Gasteiger partial charge in [0.05, 0.1) is 16.2 Å². The first-order chi connectivity index (χ1) is 13.8. The van der Waals surface area contributed by atoms with Gasteiger partial charge in [-0.15, -0.1) is 11.8 Å². The van der Waals surface area contributed by atoms with Crippen molar-refractivity contribution in [3.63, 3.8) is 0 Å². The van der Waals surface area contributed by atoms with Gasteiger partial charge in [0.15, 0.2) is 5.82 Å². The van der Waals surface area contributed by atoms with Crippen LogP contribution in [0.3, 0.4) is 0 Å². The highest BCUT2D eigenvalue weighted by molar-refractivity contribution is 7.98. The van der Waals surface area contributed by atoms with Crippen molar-refractivity contribution in [1.29, 1.82) is 0 Å². The van der Waals surface area contributed by atoms with E-state index >= 15 is 0 Å². The Bertz CT molecular complexity index is 1110. The van der Waals surface area contributed by atoms with E-state index in [1.165, 1.54) is 38.0 Å². The topological polar surface area (TPSA) is 105 Å². The molecule has 0 aliphatic heterocycles. The Morgan fingerprint density at radius 1 is 1.14 bits per heavy atom. The second-order valence-electron chi connectivity index (χ2n) is 6.29. The average molecular weight is 433 g/mol. The van der Waals surface area contributed by atoms with Gasteiger partial charge in [-0.2, -0.15) is 4.98 Å². The second-order valence-corrected chi connectivity index (χ2v) is 9.46. The van der Waals surface area contributed by atoms with E-state index < -0.39 is 10.0 Å². The van der Waals surface area contributed by atoms with E-state index in [0.717, 1.165) is 9.20 Å². The lowest BCUT2D eigenvalue weighted by Gasteiger charge is -2.12. The SMILES string of the molecule is Cc1noc(CSc2ccccc2C(=O)Nc2ccc(S(=O)(=O)N(C)C)cc2)n1. The van der Waals surface area contributed by atoms with Crippen molar-refractivity contribution in [2.45, 2.75) is 22.5 Å². The van der Waals surface area contributed by atoms with Crippen molar-refractivity contribution in [2.75, 3.05) is 19.4 Å². The number of aryl methyl sites for hydroxylation is 1. The maximum Gasteiger partial charge on any atom is 0.256 e. The number of nitrogens with one attached hydrogen (secondary N) is 1. The molecule has 3 aromatic rings. The standard InChI is InChI=1S/C19H20N4O4S2/c1-13-20-18(27-22-13)12-28-17-7-5-4-6-16(17)19(24)21-14-8-10-15(11-9-14)29(25,26)23(2)3/h4-11H,12H2,1-3H3,(H,21,24). The molecule has 29 heavy (non-hydrogen) atoms. The molecule has 1 heterocycles. The van der Waals surface area contributed by atoms with Gasteiger partial charge in [0.2, 0.25) is 15.9 Å². The fourth-order valence-corrected chi connectivity index (χ4v) is 4.23. The Labute approximate surface area is 173 Å². The summed E-state index contributed by atoms with van der Waals surface area (Å²) in [7, 11) is -0.581. The first-order valence-corrected chi connectivity index (χ1v) is 11.0. The lowest BCUT2D eigenvalue weighted by Crippen LogP contribution is -2.22. The van der Waals surface area contributed by atoms with Gasteiger partial charge in [-0.3, -0.25) is 4.79 Å². The molecule has 0 saturated carbocycles. The number of amides is 1. The summed E-state index contributed by atoms with van der Waals surface area (Å²) in [5.41, 5.74) is 0.999. The molecule has 0 radical (unpaired) electrons. The monoisotopic (exact) mass is 432 g/mol. The number of benzene rings is 2. The molecule has 3 rings (SSSR count). The molecule has 0 atom stereocenters. The molecule has 0 unspecified atom stereocenters. The number of carbonyl (C=O) groups excluding carboxylic acids is 1. The number of hydrogen-bond donors (Lipinski definition) is 1. The van der Waals surface area contributed by atoms with Gasteiger partial charge in [0.1, 0.15) is 0 Å². The van der Waals surface area contributed by atoms with Crippen LogP contribution in [0.1, 0.15) is 22.1 Å². The summed E-state index contributed by atoms with van der Waals surface area (Å²) in [4.78, 5) is 17.8. The minimum absolute atomic E-state index is 0.159. The van der Waals surface area contributed by atoms with E-state index in [2.05, 4.69) is 15.5 Å². The fraction of sp³-hybridized carbons (Fsp3) is 0.211. The first-order valence-electron chi connectivity index (χ1n) is 8.62. The molecule has 1 N–H and O–H groups in total. The van der Waals surface area contributed by atoms with Crippen molar-refractivity contribution in [1.82, 2.24) is 14.4 Å². The number of thioether (sulfide) groups is 1. The van der Waals surface area contributed by atoms with Crippen LogP contribution in [0.4, 0.5) is 5.69 Å². The third-order valence-corrected chi connectivity index (χ3v) is 6.83. The van der Waals surface area contributed by atoms with Crippen LogP contribution in [-0.2, 0) is 15.8 Å². The predicted molar refractivity (Wildman–Crippen MR) is 110 cm³/mol. The Kier molecular flexibility index (Phi) is 6.36. The third kappa shape index (κ3) is 5.03. The number of carbonyl (C=O) groups is 1. The van der Waals surface area contributed by atoms with Crippen molar-refractivity contribution in [3.05, 3.63) is 65.8 Å².